The van der Waals surface area contributed by atoms with Crippen LogP contribution in [0.15, 0.2) is 41.0 Å². The maximum absolute atomic E-state index is 11.0. The number of pyridine rings is 1. The van der Waals surface area contributed by atoms with Crippen LogP contribution in [0.2, 0.25) is 0 Å². The van der Waals surface area contributed by atoms with Crippen LogP contribution in [0.3, 0.4) is 0 Å². The summed E-state index contributed by atoms with van der Waals surface area (Å²) in [5, 5.41) is 11.0. The topological polar surface area (TPSA) is 56.0 Å². The molecule has 1 aromatic carbocycles. The molecule has 4 nitrogen and oxygen atoms in total. The number of nitrogens with zero attached hydrogens (tertiary/aromatic N) is 2. The lowest BCUT2D eigenvalue weighted by molar-refractivity contribution is -0.384. The molecule has 0 fully saturated rings. The van der Waals surface area contributed by atoms with E-state index in [-0.39, 0.29) is 5.69 Å². The highest BCUT2D eigenvalue weighted by atomic mass is 79.9. The summed E-state index contributed by atoms with van der Waals surface area (Å²) in [5.74, 6) is 0. The van der Waals surface area contributed by atoms with Gasteiger partial charge in [0.25, 0.3) is 5.69 Å². The van der Waals surface area contributed by atoms with Gasteiger partial charge in [-0.05, 0) is 28.9 Å². The second kappa shape index (κ2) is 4.63. The molecule has 0 N–H and O–H groups in total. The zero-order valence-corrected chi connectivity index (χ0v) is 10.6. The largest absolute Gasteiger partial charge is 0.296 e. The van der Waals surface area contributed by atoms with Gasteiger partial charge in [0.15, 0.2) is 0 Å². The third kappa shape index (κ3) is 2.50. The maximum atomic E-state index is 11.0. The number of benzene rings is 1. The van der Waals surface area contributed by atoms with Gasteiger partial charge >= 0.3 is 0 Å². The highest BCUT2D eigenvalue weighted by molar-refractivity contribution is 9.10. The number of halogens is 1. The van der Waals surface area contributed by atoms with E-state index in [2.05, 4.69) is 20.9 Å². The molecule has 5 heteroatoms. The van der Waals surface area contributed by atoms with Gasteiger partial charge in [-0.2, -0.15) is 0 Å². The number of nitro groups is 1. The molecule has 0 aliphatic carbocycles. The third-order valence-corrected chi connectivity index (χ3v) is 2.76. The van der Waals surface area contributed by atoms with Gasteiger partial charge in [-0.1, -0.05) is 23.8 Å². The van der Waals surface area contributed by atoms with Crippen molar-refractivity contribution in [2.45, 2.75) is 6.92 Å². The van der Waals surface area contributed by atoms with Gasteiger partial charge in [0, 0.05) is 22.3 Å². The second-order valence-electron chi connectivity index (χ2n) is 3.65. The second-order valence-corrected chi connectivity index (χ2v) is 4.56. The van der Waals surface area contributed by atoms with Crippen LogP contribution < -0.4 is 0 Å². The van der Waals surface area contributed by atoms with Gasteiger partial charge in [-0.25, -0.2) is 4.98 Å². The van der Waals surface area contributed by atoms with Gasteiger partial charge in [0.05, 0.1) is 4.92 Å². The Labute approximate surface area is 107 Å². The van der Waals surface area contributed by atoms with E-state index in [4.69, 9.17) is 0 Å². The first-order valence-corrected chi connectivity index (χ1v) is 5.74. The minimum absolute atomic E-state index is 0.00461. The normalized spacial score (nSPS) is 10.2. The molecule has 0 saturated carbocycles. The lowest BCUT2D eigenvalue weighted by Gasteiger charge is -2.03. The Balaban J connectivity index is 2.63. The molecule has 0 aliphatic rings. The van der Waals surface area contributed by atoms with Gasteiger partial charge in [-0.3, -0.25) is 10.1 Å². The fourth-order valence-electron chi connectivity index (χ4n) is 1.58. The summed E-state index contributed by atoms with van der Waals surface area (Å²) < 4.78 is 0.598. The summed E-state index contributed by atoms with van der Waals surface area (Å²) in [6.07, 6.45) is 1.56. The van der Waals surface area contributed by atoms with Gasteiger partial charge < -0.3 is 0 Å². The summed E-state index contributed by atoms with van der Waals surface area (Å²) in [5.41, 5.74) is 2.19. The van der Waals surface area contributed by atoms with Gasteiger partial charge in [-0.15, -0.1) is 0 Å². The van der Waals surface area contributed by atoms with E-state index in [0.29, 0.717) is 10.2 Å². The highest BCUT2D eigenvalue weighted by Crippen LogP contribution is 2.30. The number of hydrogen-bond acceptors (Lipinski definition) is 3. The van der Waals surface area contributed by atoms with Crippen LogP contribution in [0.1, 0.15) is 5.56 Å². The molecule has 17 heavy (non-hydrogen) atoms. The van der Waals surface area contributed by atoms with Gasteiger partial charge in [0.1, 0.15) is 5.69 Å². The highest BCUT2D eigenvalue weighted by Gasteiger charge is 2.17. The average Bonchev–Trinajstić information content (AvgIpc) is 2.28. The van der Waals surface area contributed by atoms with Crippen LogP contribution in [0.4, 0.5) is 5.69 Å². The van der Waals surface area contributed by atoms with Crippen molar-refractivity contribution in [3.05, 3.63) is 56.7 Å². The molecule has 1 heterocycles. The van der Waals surface area contributed by atoms with Crippen molar-refractivity contribution in [2.24, 2.45) is 0 Å². The molecule has 0 aliphatic heterocycles. The Kier molecular flexibility index (Phi) is 3.19. The molecule has 1 aromatic heterocycles. The zero-order valence-electron chi connectivity index (χ0n) is 9.05. The number of aromatic nitrogens is 1. The fraction of sp³-hybridized carbons (Fsp3) is 0.0833. The van der Waals surface area contributed by atoms with E-state index in [1.807, 2.05) is 31.2 Å². The molecule has 2 rings (SSSR count). The van der Waals surface area contributed by atoms with Crippen molar-refractivity contribution in [3.63, 3.8) is 0 Å². The van der Waals surface area contributed by atoms with E-state index >= 15 is 0 Å². The lowest BCUT2D eigenvalue weighted by atomic mass is 10.1. The number of rotatable bonds is 2. The Morgan fingerprint density at radius 3 is 2.76 bits per heavy atom. The Morgan fingerprint density at radius 1 is 1.35 bits per heavy atom. The van der Waals surface area contributed by atoms with Crippen molar-refractivity contribution in [1.29, 1.82) is 0 Å². The Bertz CT molecular complexity index is 584. The van der Waals surface area contributed by atoms with E-state index < -0.39 is 4.92 Å². The molecule has 0 atom stereocenters. The van der Waals surface area contributed by atoms with Crippen LogP contribution in [-0.2, 0) is 0 Å². The molecule has 0 spiro atoms. The standard InChI is InChI=1S/C12H9BrN2O2/c1-8-3-2-4-9(5-8)12-11(15(16)17)6-10(13)7-14-12/h2-7H,1H3. The molecule has 0 unspecified atom stereocenters. The lowest BCUT2D eigenvalue weighted by Crippen LogP contribution is -1.95. The summed E-state index contributed by atoms with van der Waals surface area (Å²) in [6, 6.07) is 8.95. The maximum Gasteiger partial charge on any atom is 0.296 e. The van der Waals surface area contributed by atoms with Crippen LogP contribution in [0.5, 0.6) is 0 Å². The van der Waals surface area contributed by atoms with E-state index in [1.165, 1.54) is 6.07 Å². The SMILES string of the molecule is Cc1cccc(-c2ncc(Br)cc2[N+](=O)[O-])c1. The average molecular weight is 293 g/mol. The van der Waals surface area contributed by atoms with Crippen LogP contribution >= 0.6 is 15.9 Å². The predicted molar refractivity (Wildman–Crippen MR) is 68.8 cm³/mol. The van der Waals surface area contributed by atoms with Crippen molar-refractivity contribution < 1.29 is 4.92 Å². The summed E-state index contributed by atoms with van der Waals surface area (Å²) >= 11 is 3.18. The summed E-state index contributed by atoms with van der Waals surface area (Å²) in [7, 11) is 0. The monoisotopic (exact) mass is 292 g/mol. The molecule has 2 aromatic rings. The third-order valence-electron chi connectivity index (χ3n) is 2.32. The Morgan fingerprint density at radius 2 is 2.12 bits per heavy atom. The molecular formula is C12H9BrN2O2. The summed E-state index contributed by atoms with van der Waals surface area (Å²) in [4.78, 5) is 14.7. The molecule has 86 valence electrons. The van der Waals surface area contributed by atoms with Gasteiger partial charge in [0.2, 0.25) is 0 Å². The number of aryl methyl sites for hydroxylation is 1. The van der Waals surface area contributed by atoms with Crippen LogP contribution in [-0.4, -0.2) is 9.91 Å². The number of hydrogen-bond donors (Lipinski definition) is 0. The van der Waals surface area contributed by atoms with Crippen molar-refractivity contribution in [3.8, 4) is 11.3 Å². The fourth-order valence-corrected chi connectivity index (χ4v) is 1.90. The van der Waals surface area contributed by atoms with E-state index in [9.17, 15) is 10.1 Å². The molecule has 0 amide bonds. The summed E-state index contributed by atoms with van der Waals surface area (Å²) in [6.45, 7) is 1.94. The first-order valence-electron chi connectivity index (χ1n) is 4.95. The first-order chi connectivity index (χ1) is 8.08. The van der Waals surface area contributed by atoms with Crippen molar-refractivity contribution in [2.75, 3.05) is 0 Å². The molecule has 0 radical (unpaired) electrons. The first kappa shape index (κ1) is 11.7. The Hall–Kier alpha value is -1.75. The smallest absolute Gasteiger partial charge is 0.258 e. The predicted octanol–water partition coefficient (Wildman–Crippen LogP) is 3.73. The molecular weight excluding hydrogens is 284 g/mol. The van der Waals surface area contributed by atoms with Crippen molar-refractivity contribution >= 4 is 21.6 Å². The van der Waals surface area contributed by atoms with Crippen LogP contribution in [0, 0.1) is 17.0 Å². The van der Waals surface area contributed by atoms with E-state index in [1.54, 1.807) is 6.20 Å². The quantitative estimate of drug-likeness (QED) is 0.626. The molecule has 0 bridgehead atoms. The van der Waals surface area contributed by atoms with E-state index in [0.717, 1.165) is 11.1 Å². The molecule has 0 saturated heterocycles. The van der Waals surface area contributed by atoms with Crippen LogP contribution in [0.25, 0.3) is 11.3 Å². The minimum atomic E-state index is -0.421. The minimum Gasteiger partial charge on any atom is -0.258 e. The van der Waals surface area contributed by atoms with Crippen molar-refractivity contribution in [1.82, 2.24) is 4.98 Å². The zero-order chi connectivity index (χ0) is 12.4.